The number of benzene rings is 1. The van der Waals surface area contributed by atoms with Crippen LogP contribution in [-0.2, 0) is 25.6 Å². The predicted molar refractivity (Wildman–Crippen MR) is 70.8 cm³/mol. The molecule has 110 valence electrons. The van der Waals surface area contributed by atoms with Crippen molar-refractivity contribution in [2.45, 2.75) is 50.8 Å². The van der Waals surface area contributed by atoms with Crippen LogP contribution in [0.15, 0.2) is 30.3 Å². The molecule has 0 amide bonds. The molecule has 0 aliphatic carbocycles. The van der Waals surface area contributed by atoms with Crippen molar-refractivity contribution in [2.24, 2.45) is 0 Å². The van der Waals surface area contributed by atoms with Crippen LogP contribution in [0.4, 0.5) is 0 Å². The van der Waals surface area contributed by atoms with Crippen LogP contribution in [0.3, 0.4) is 0 Å². The van der Waals surface area contributed by atoms with Crippen LogP contribution in [0.2, 0.25) is 0 Å². The maximum Gasteiger partial charge on any atom is 0.190 e. The van der Waals surface area contributed by atoms with Gasteiger partial charge in [-0.2, -0.15) is 0 Å². The van der Waals surface area contributed by atoms with E-state index >= 15 is 0 Å². The number of aliphatic hydroxyl groups excluding tert-OH is 1. The Labute approximate surface area is 119 Å². The quantitative estimate of drug-likeness (QED) is 0.905. The summed E-state index contributed by atoms with van der Waals surface area (Å²) in [6.07, 6.45) is -2.36. The Hall–Kier alpha value is -0.980. The first-order valence-electron chi connectivity index (χ1n) is 7.31. The third-order valence-electron chi connectivity index (χ3n) is 3.46. The molecule has 0 bridgehead atoms. The molecule has 2 heterocycles. The number of hydrogen-bond donors (Lipinski definition) is 1. The highest BCUT2D eigenvalue weighted by atomic mass is 16.8. The summed E-state index contributed by atoms with van der Waals surface area (Å²) in [5.41, 5.74) is 1.01. The average molecular weight is 281 g/mol. The molecule has 3 rings (SSSR count). The van der Waals surface area contributed by atoms with Crippen LogP contribution < -0.4 is 0 Å². The molecular weight excluding hydrogens is 260 g/mol. The molecule has 5 atom stereocenters. The normalized spacial score (nSPS) is 37.5. The molecule has 1 aromatic carbocycles. The van der Waals surface area contributed by atoms with Crippen molar-refractivity contribution in [1.29, 1.82) is 0 Å². The van der Waals surface area contributed by atoms with Gasteiger partial charge in [0.05, 0.1) is 14.6 Å². The molecule has 0 spiro atoms. The molecule has 0 aromatic heterocycles. The Morgan fingerprint density at radius 2 is 2.05 bits per heavy atom. The molecule has 5 heteroatoms. The predicted octanol–water partition coefficient (Wildman–Crippen LogP) is 1.44. The molecule has 5 nitrogen and oxygen atoms in total. The molecule has 1 unspecified atom stereocenters. The zero-order chi connectivity index (χ0) is 15.0. The van der Waals surface area contributed by atoms with Crippen molar-refractivity contribution in [3.05, 3.63) is 35.9 Å². The number of rotatable bonds is 4. The van der Waals surface area contributed by atoms with Crippen LogP contribution in [0.1, 0.15) is 20.8 Å². The SMILES string of the molecule is [2H]C(O)[C@H]1O[C@@H]2OC(C)(C)O[C@@H]2[C@H]1OCc1ccccc1. The average Bonchev–Trinajstić information content (AvgIpc) is 2.90. The second kappa shape index (κ2) is 5.42. The zero-order valence-electron chi connectivity index (χ0n) is 12.6. The molecule has 2 saturated heterocycles. The van der Waals surface area contributed by atoms with Gasteiger partial charge in [0, 0.05) is 0 Å². The Bertz CT molecular complexity index is 478. The van der Waals surface area contributed by atoms with Gasteiger partial charge < -0.3 is 24.1 Å². The molecule has 1 N–H and O–H groups in total. The molecule has 2 aliphatic heterocycles. The van der Waals surface area contributed by atoms with Crippen molar-refractivity contribution in [3.63, 3.8) is 0 Å². The van der Waals surface area contributed by atoms with E-state index in [9.17, 15) is 5.11 Å². The van der Waals surface area contributed by atoms with Crippen molar-refractivity contribution >= 4 is 0 Å². The fourth-order valence-corrected chi connectivity index (χ4v) is 2.58. The van der Waals surface area contributed by atoms with Gasteiger partial charge in [0.25, 0.3) is 0 Å². The second-order valence-electron chi connectivity index (χ2n) is 5.48. The van der Waals surface area contributed by atoms with E-state index in [0.717, 1.165) is 5.56 Å². The summed E-state index contributed by atoms with van der Waals surface area (Å²) < 4.78 is 30.3. The van der Waals surface area contributed by atoms with Crippen molar-refractivity contribution in [2.75, 3.05) is 6.58 Å². The lowest BCUT2D eigenvalue weighted by Gasteiger charge is -2.25. The first-order chi connectivity index (χ1) is 9.96. The number of ether oxygens (including phenoxy) is 4. The van der Waals surface area contributed by atoms with E-state index in [4.69, 9.17) is 20.3 Å². The fraction of sp³-hybridized carbons (Fsp3) is 0.600. The van der Waals surface area contributed by atoms with Crippen LogP contribution in [0.25, 0.3) is 0 Å². The van der Waals surface area contributed by atoms with Gasteiger partial charge in [-0.05, 0) is 19.4 Å². The van der Waals surface area contributed by atoms with Gasteiger partial charge in [-0.15, -0.1) is 0 Å². The van der Waals surface area contributed by atoms with E-state index in [-0.39, 0.29) is 0 Å². The largest absolute Gasteiger partial charge is 0.394 e. The highest BCUT2D eigenvalue weighted by molar-refractivity contribution is 5.13. The molecular formula is C15H20O5. The van der Waals surface area contributed by atoms with Crippen molar-refractivity contribution < 1.29 is 25.4 Å². The third kappa shape index (κ3) is 2.73. The highest BCUT2D eigenvalue weighted by Gasteiger charge is 2.55. The van der Waals surface area contributed by atoms with Crippen LogP contribution >= 0.6 is 0 Å². The Morgan fingerprint density at radius 3 is 2.75 bits per heavy atom. The van der Waals surface area contributed by atoms with Crippen LogP contribution in [-0.4, -0.2) is 42.1 Å². The van der Waals surface area contributed by atoms with E-state index in [0.29, 0.717) is 6.61 Å². The van der Waals surface area contributed by atoms with Gasteiger partial charge in [-0.1, -0.05) is 30.3 Å². The zero-order valence-corrected chi connectivity index (χ0v) is 11.6. The Kier molecular flexibility index (Phi) is 3.45. The summed E-state index contributed by atoms with van der Waals surface area (Å²) in [7, 11) is 0. The Morgan fingerprint density at radius 1 is 1.30 bits per heavy atom. The van der Waals surface area contributed by atoms with Crippen LogP contribution in [0.5, 0.6) is 0 Å². The van der Waals surface area contributed by atoms with Gasteiger partial charge in [-0.25, -0.2) is 0 Å². The minimum absolute atomic E-state index is 0.366. The molecule has 20 heavy (non-hydrogen) atoms. The molecule has 1 aromatic rings. The van der Waals surface area contributed by atoms with Gasteiger partial charge in [-0.3, -0.25) is 0 Å². The van der Waals surface area contributed by atoms with Gasteiger partial charge >= 0.3 is 0 Å². The van der Waals surface area contributed by atoms with E-state index in [1.165, 1.54) is 0 Å². The number of aliphatic hydroxyl groups is 1. The van der Waals surface area contributed by atoms with E-state index in [1.54, 1.807) is 13.8 Å². The summed E-state index contributed by atoms with van der Waals surface area (Å²) in [6, 6.07) is 9.71. The standard InChI is InChI=1S/C15H20O5/c1-15(2)19-13-12(11(8-16)18-14(13)20-15)17-9-10-6-4-3-5-7-10/h3-7,11-14,16H,8-9H2,1-2H3/t11-,12+,13-,14-/m1/s1/i8D/t8?,11-,12+,13-,14-. The van der Waals surface area contributed by atoms with E-state index in [2.05, 4.69) is 0 Å². The highest BCUT2D eigenvalue weighted by Crippen LogP contribution is 2.38. The fourth-order valence-electron chi connectivity index (χ4n) is 2.58. The smallest absolute Gasteiger partial charge is 0.190 e. The molecule has 2 fully saturated rings. The summed E-state index contributed by atoms with van der Waals surface area (Å²) in [5, 5.41) is 9.56. The third-order valence-corrected chi connectivity index (χ3v) is 3.46. The number of fused-ring (bicyclic) bond motifs is 1. The maximum atomic E-state index is 9.56. The van der Waals surface area contributed by atoms with Gasteiger partial charge in [0.1, 0.15) is 18.3 Å². The molecule has 2 aliphatic rings. The maximum absolute atomic E-state index is 9.56. The summed E-state index contributed by atoms with van der Waals surface area (Å²) in [4.78, 5) is 0. The molecule has 0 saturated carbocycles. The summed E-state index contributed by atoms with van der Waals surface area (Å²) in [5.74, 6) is -0.748. The first-order valence-corrected chi connectivity index (χ1v) is 6.73. The molecule has 0 radical (unpaired) electrons. The number of hydrogen-bond acceptors (Lipinski definition) is 5. The minimum atomic E-state index is -1.40. The lowest BCUT2D eigenvalue weighted by Crippen LogP contribution is -2.38. The minimum Gasteiger partial charge on any atom is -0.394 e. The van der Waals surface area contributed by atoms with E-state index in [1.807, 2.05) is 30.3 Å². The topological polar surface area (TPSA) is 57.2 Å². The second-order valence-corrected chi connectivity index (χ2v) is 5.48. The Balaban J connectivity index is 1.70. The van der Waals surface area contributed by atoms with E-state index < -0.39 is 37.0 Å². The van der Waals surface area contributed by atoms with Crippen LogP contribution in [0, 0.1) is 0 Å². The van der Waals surface area contributed by atoms with Gasteiger partial charge in [0.15, 0.2) is 12.1 Å². The lowest BCUT2D eigenvalue weighted by atomic mass is 10.1. The summed E-state index contributed by atoms with van der Waals surface area (Å²) in [6.45, 7) is 2.57. The monoisotopic (exact) mass is 281 g/mol. The van der Waals surface area contributed by atoms with Crippen molar-refractivity contribution in [3.8, 4) is 0 Å². The summed E-state index contributed by atoms with van der Waals surface area (Å²) >= 11 is 0. The lowest BCUT2D eigenvalue weighted by molar-refractivity contribution is -0.222. The first kappa shape index (κ1) is 12.7. The van der Waals surface area contributed by atoms with Gasteiger partial charge in [0.2, 0.25) is 0 Å². The van der Waals surface area contributed by atoms with Crippen molar-refractivity contribution in [1.82, 2.24) is 0 Å².